The number of aromatic amines is 1. The van der Waals surface area contributed by atoms with Crippen molar-refractivity contribution in [2.24, 2.45) is 0 Å². The monoisotopic (exact) mass is 253 g/mol. The van der Waals surface area contributed by atoms with Gasteiger partial charge in [-0.3, -0.25) is 0 Å². The van der Waals surface area contributed by atoms with Gasteiger partial charge in [0, 0.05) is 17.5 Å². The lowest BCUT2D eigenvalue weighted by molar-refractivity contribution is 0.624. The molecule has 1 nitrogen and oxygen atoms in total. The topological polar surface area (TPSA) is 15.8 Å². The summed E-state index contributed by atoms with van der Waals surface area (Å²) in [6, 6.07) is 7.18. The third kappa shape index (κ3) is 1.60. The summed E-state index contributed by atoms with van der Waals surface area (Å²) in [5, 5.41) is 0. The van der Waals surface area contributed by atoms with Gasteiger partial charge in [0.15, 0.2) is 0 Å². The summed E-state index contributed by atoms with van der Waals surface area (Å²) in [7, 11) is 0. The highest BCUT2D eigenvalue weighted by Gasteiger charge is 2.08. The van der Waals surface area contributed by atoms with Gasteiger partial charge in [-0.2, -0.15) is 0 Å². The number of aromatic nitrogens is 1. The quantitative estimate of drug-likeness (QED) is 0.794. The van der Waals surface area contributed by atoms with E-state index in [1.54, 1.807) is 12.1 Å². The van der Waals surface area contributed by atoms with Crippen LogP contribution in [0.4, 0.5) is 4.39 Å². The van der Waals surface area contributed by atoms with Crippen molar-refractivity contribution in [3.05, 3.63) is 46.3 Å². The molecule has 14 heavy (non-hydrogen) atoms. The number of hydrogen-bond acceptors (Lipinski definition) is 0. The summed E-state index contributed by atoms with van der Waals surface area (Å²) in [5.41, 5.74) is 2.49. The van der Waals surface area contributed by atoms with E-state index in [-0.39, 0.29) is 5.82 Å². The van der Waals surface area contributed by atoms with Crippen molar-refractivity contribution in [3.8, 4) is 11.3 Å². The van der Waals surface area contributed by atoms with Gasteiger partial charge in [0.2, 0.25) is 0 Å². The highest BCUT2D eigenvalue weighted by Crippen LogP contribution is 2.27. The highest BCUT2D eigenvalue weighted by atomic mass is 79.9. The van der Waals surface area contributed by atoms with Gasteiger partial charge in [-0.15, -0.1) is 0 Å². The van der Waals surface area contributed by atoms with Crippen LogP contribution >= 0.6 is 15.9 Å². The first-order valence-corrected chi connectivity index (χ1v) is 5.07. The van der Waals surface area contributed by atoms with Gasteiger partial charge in [-0.05, 0) is 46.6 Å². The molecule has 0 atom stereocenters. The molecule has 1 heterocycles. The Morgan fingerprint density at radius 1 is 1.36 bits per heavy atom. The molecule has 0 saturated carbocycles. The molecule has 72 valence electrons. The first kappa shape index (κ1) is 9.46. The summed E-state index contributed by atoms with van der Waals surface area (Å²) < 4.78 is 14.1. The van der Waals surface area contributed by atoms with E-state index in [4.69, 9.17) is 0 Å². The van der Waals surface area contributed by atoms with Crippen LogP contribution in [-0.2, 0) is 0 Å². The van der Waals surface area contributed by atoms with Crippen molar-refractivity contribution in [1.82, 2.24) is 4.98 Å². The van der Waals surface area contributed by atoms with Gasteiger partial charge >= 0.3 is 0 Å². The summed E-state index contributed by atoms with van der Waals surface area (Å²) >= 11 is 3.16. The lowest BCUT2D eigenvalue weighted by Gasteiger charge is -2.01. The maximum absolute atomic E-state index is 13.6. The van der Waals surface area contributed by atoms with Gasteiger partial charge in [0.1, 0.15) is 5.82 Å². The molecule has 2 rings (SSSR count). The zero-order valence-corrected chi connectivity index (χ0v) is 9.23. The van der Waals surface area contributed by atoms with Crippen LogP contribution in [0, 0.1) is 12.7 Å². The fourth-order valence-corrected chi connectivity index (χ4v) is 1.74. The van der Waals surface area contributed by atoms with E-state index in [1.165, 1.54) is 0 Å². The minimum Gasteiger partial charge on any atom is -0.361 e. The van der Waals surface area contributed by atoms with E-state index in [0.717, 1.165) is 11.3 Å². The summed E-state index contributed by atoms with van der Waals surface area (Å²) in [4.78, 5) is 3.03. The molecular formula is C11H9BrFN. The zero-order valence-electron chi connectivity index (χ0n) is 7.64. The predicted molar refractivity (Wildman–Crippen MR) is 58.6 cm³/mol. The van der Waals surface area contributed by atoms with Crippen LogP contribution in [0.25, 0.3) is 11.3 Å². The van der Waals surface area contributed by atoms with Gasteiger partial charge in [-0.1, -0.05) is 6.07 Å². The van der Waals surface area contributed by atoms with Crippen LogP contribution in [0.15, 0.2) is 34.9 Å². The van der Waals surface area contributed by atoms with Crippen molar-refractivity contribution in [2.45, 2.75) is 6.92 Å². The molecule has 0 saturated heterocycles. The van der Waals surface area contributed by atoms with Gasteiger partial charge in [0.05, 0.1) is 4.47 Å². The Morgan fingerprint density at radius 2 is 2.14 bits per heavy atom. The number of H-pyrrole nitrogens is 1. The van der Waals surface area contributed by atoms with E-state index >= 15 is 0 Å². The number of halogens is 2. The Balaban J connectivity index is 2.57. The van der Waals surface area contributed by atoms with E-state index in [9.17, 15) is 4.39 Å². The van der Waals surface area contributed by atoms with Crippen molar-refractivity contribution in [3.63, 3.8) is 0 Å². The third-order valence-corrected chi connectivity index (χ3v) is 2.68. The molecule has 0 fully saturated rings. The molecule has 0 radical (unpaired) electrons. The van der Waals surface area contributed by atoms with Crippen LogP contribution in [0.3, 0.4) is 0 Å². The molecule has 0 bridgehead atoms. The Hall–Kier alpha value is -1.09. The van der Waals surface area contributed by atoms with Crippen molar-refractivity contribution in [1.29, 1.82) is 0 Å². The molecule has 0 unspecified atom stereocenters. The Kier molecular flexibility index (Phi) is 2.42. The molecular weight excluding hydrogens is 245 g/mol. The second-order valence-electron chi connectivity index (χ2n) is 3.19. The molecule has 1 aromatic carbocycles. The largest absolute Gasteiger partial charge is 0.361 e. The van der Waals surface area contributed by atoms with Crippen molar-refractivity contribution < 1.29 is 4.39 Å². The maximum atomic E-state index is 13.6. The maximum Gasteiger partial charge on any atom is 0.146 e. The number of benzene rings is 1. The Morgan fingerprint density at radius 3 is 2.79 bits per heavy atom. The van der Waals surface area contributed by atoms with E-state index in [2.05, 4.69) is 20.9 Å². The molecule has 0 aliphatic rings. The first-order chi connectivity index (χ1) is 6.68. The third-order valence-electron chi connectivity index (χ3n) is 2.07. The Bertz CT molecular complexity index is 462. The van der Waals surface area contributed by atoms with Gasteiger partial charge in [0.25, 0.3) is 0 Å². The number of nitrogens with one attached hydrogen (secondary N) is 1. The van der Waals surface area contributed by atoms with Gasteiger partial charge in [-0.25, -0.2) is 4.39 Å². The van der Waals surface area contributed by atoms with Crippen molar-refractivity contribution >= 4 is 15.9 Å². The normalized spacial score (nSPS) is 10.5. The molecule has 0 aliphatic carbocycles. The SMILES string of the molecule is Cc1c[nH]c(-c2cccc(Br)c2F)c1. The summed E-state index contributed by atoms with van der Waals surface area (Å²) in [6.07, 6.45) is 1.86. The number of aryl methyl sites for hydroxylation is 1. The van der Waals surface area contributed by atoms with E-state index in [1.807, 2.05) is 25.3 Å². The van der Waals surface area contributed by atoms with Gasteiger partial charge < -0.3 is 4.98 Å². The fraction of sp³-hybridized carbons (Fsp3) is 0.0909. The van der Waals surface area contributed by atoms with E-state index in [0.29, 0.717) is 10.0 Å². The second-order valence-corrected chi connectivity index (χ2v) is 4.05. The van der Waals surface area contributed by atoms with Crippen LogP contribution in [0.1, 0.15) is 5.56 Å². The van der Waals surface area contributed by atoms with Crippen LogP contribution < -0.4 is 0 Å². The van der Waals surface area contributed by atoms with Crippen molar-refractivity contribution in [2.75, 3.05) is 0 Å². The molecule has 2 aromatic rings. The number of hydrogen-bond donors (Lipinski definition) is 1. The van der Waals surface area contributed by atoms with Crippen LogP contribution in [0.5, 0.6) is 0 Å². The lowest BCUT2D eigenvalue weighted by atomic mass is 10.1. The molecule has 3 heteroatoms. The molecule has 0 amide bonds. The average molecular weight is 254 g/mol. The minimum atomic E-state index is -0.227. The molecule has 1 N–H and O–H groups in total. The second kappa shape index (κ2) is 3.58. The zero-order chi connectivity index (χ0) is 10.1. The summed E-state index contributed by atoms with van der Waals surface area (Å²) in [5.74, 6) is -0.227. The first-order valence-electron chi connectivity index (χ1n) is 4.28. The number of rotatable bonds is 1. The smallest absolute Gasteiger partial charge is 0.146 e. The minimum absolute atomic E-state index is 0.227. The molecule has 0 spiro atoms. The Labute approximate surface area is 90.1 Å². The van der Waals surface area contributed by atoms with Crippen LogP contribution in [0.2, 0.25) is 0 Å². The van der Waals surface area contributed by atoms with Crippen LogP contribution in [-0.4, -0.2) is 4.98 Å². The van der Waals surface area contributed by atoms with E-state index < -0.39 is 0 Å². The predicted octanol–water partition coefficient (Wildman–Crippen LogP) is 3.89. The lowest BCUT2D eigenvalue weighted by Crippen LogP contribution is -1.84. The summed E-state index contributed by atoms with van der Waals surface area (Å²) in [6.45, 7) is 1.97. The molecule has 1 aromatic heterocycles. The average Bonchev–Trinajstić information content (AvgIpc) is 2.57. The fourth-order valence-electron chi connectivity index (χ4n) is 1.37. The molecule has 0 aliphatic heterocycles. The standard InChI is InChI=1S/C11H9BrFN/c1-7-5-10(14-6-7)8-3-2-4-9(12)11(8)13/h2-6,14H,1H3. The highest BCUT2D eigenvalue weighted by molar-refractivity contribution is 9.10.